The molecule has 1 aromatic carbocycles. The summed E-state index contributed by atoms with van der Waals surface area (Å²) in [6.45, 7) is 9.30. The van der Waals surface area contributed by atoms with Crippen LogP contribution in [0.5, 0.6) is 0 Å². The van der Waals surface area contributed by atoms with Crippen LogP contribution < -0.4 is 16.6 Å². The first kappa shape index (κ1) is 29.0. The molecule has 5 rings (SSSR count). The van der Waals surface area contributed by atoms with Crippen LogP contribution in [0, 0.1) is 18.8 Å². The van der Waals surface area contributed by atoms with Crippen molar-refractivity contribution in [2.24, 2.45) is 7.05 Å². The second-order valence-corrected chi connectivity index (χ2v) is 11.8. The van der Waals surface area contributed by atoms with E-state index in [4.69, 9.17) is 9.72 Å². The van der Waals surface area contributed by atoms with Crippen molar-refractivity contribution in [2.75, 3.05) is 0 Å². The maximum absolute atomic E-state index is 14.0. The molecule has 0 radical (unpaired) electrons. The molecule has 42 heavy (non-hydrogen) atoms. The summed E-state index contributed by atoms with van der Waals surface area (Å²) in [7, 11) is 1.62. The number of ether oxygens (including phenoxy) is 1. The molecule has 1 aliphatic rings. The molecule has 3 aromatic heterocycles. The van der Waals surface area contributed by atoms with E-state index in [0.717, 1.165) is 35.9 Å². The molecule has 0 spiro atoms. The van der Waals surface area contributed by atoms with Gasteiger partial charge in [0.15, 0.2) is 11.2 Å². The number of imidazole rings is 1. The fourth-order valence-corrected chi connectivity index (χ4v) is 5.69. The number of carbonyl (C=O) groups excluding carboxylic acids is 1. The quantitative estimate of drug-likeness (QED) is 0.362. The number of amides is 1. The topological polar surface area (TPSA) is 126 Å². The van der Waals surface area contributed by atoms with E-state index in [1.807, 2.05) is 56.5 Å². The molecule has 1 aliphatic carbocycles. The van der Waals surface area contributed by atoms with Crippen LogP contribution >= 0.6 is 0 Å². The summed E-state index contributed by atoms with van der Waals surface area (Å²) in [5, 5.41) is 3.92. The minimum atomic E-state index is -0.591. The third-order valence-electron chi connectivity index (χ3n) is 7.58. The van der Waals surface area contributed by atoms with Crippen LogP contribution in [0.3, 0.4) is 0 Å². The molecular weight excluding hydrogens is 534 g/mol. The van der Waals surface area contributed by atoms with Gasteiger partial charge >= 0.3 is 11.8 Å². The van der Waals surface area contributed by atoms with Crippen molar-refractivity contribution in [3.05, 3.63) is 62.4 Å². The molecule has 1 saturated carbocycles. The maximum atomic E-state index is 14.0. The molecule has 1 amide bonds. The van der Waals surface area contributed by atoms with Crippen molar-refractivity contribution in [1.82, 2.24) is 34.0 Å². The fraction of sp³-hybridized carbons (Fsp3) is 0.484. The second-order valence-electron chi connectivity index (χ2n) is 11.8. The maximum Gasteiger partial charge on any atom is 0.407 e. The number of hydrogen-bond donors (Lipinski definition) is 1. The van der Waals surface area contributed by atoms with Crippen LogP contribution in [0.4, 0.5) is 4.79 Å². The van der Waals surface area contributed by atoms with E-state index >= 15 is 0 Å². The molecule has 220 valence electrons. The van der Waals surface area contributed by atoms with Crippen molar-refractivity contribution in [3.8, 4) is 11.8 Å². The van der Waals surface area contributed by atoms with Crippen molar-refractivity contribution < 1.29 is 9.53 Å². The number of nitrogens with one attached hydrogen (secondary N) is 1. The van der Waals surface area contributed by atoms with E-state index in [1.165, 1.54) is 9.13 Å². The van der Waals surface area contributed by atoms with Crippen molar-refractivity contribution in [1.29, 1.82) is 0 Å². The molecule has 1 N–H and O–H groups in total. The van der Waals surface area contributed by atoms with Crippen LogP contribution in [0.1, 0.15) is 76.6 Å². The van der Waals surface area contributed by atoms with Gasteiger partial charge in [-0.3, -0.25) is 13.9 Å². The van der Waals surface area contributed by atoms with Crippen LogP contribution in [-0.2, 0) is 24.9 Å². The lowest BCUT2D eigenvalue weighted by Gasteiger charge is -2.30. The number of fused-ring (bicyclic) bond motifs is 2. The highest BCUT2D eigenvalue weighted by Gasteiger charge is 2.31. The lowest BCUT2D eigenvalue weighted by Crippen LogP contribution is -2.41. The SMILES string of the molecule is CC#CCn1c(C2CCC[C@@H](NC(=O)OC(C)(C)C)C2)nc2c1c(=O)n(Cc1nc(C)c3ccccc3n1)c(=O)n2C. The molecule has 4 aromatic rings. The summed E-state index contributed by atoms with van der Waals surface area (Å²) in [5.74, 6) is 7.01. The molecular formula is C31H37N7O4. The lowest BCUT2D eigenvalue weighted by atomic mass is 9.85. The summed E-state index contributed by atoms with van der Waals surface area (Å²) < 4.78 is 9.87. The van der Waals surface area contributed by atoms with Gasteiger partial charge in [0.25, 0.3) is 5.56 Å². The average Bonchev–Trinajstić information content (AvgIpc) is 3.32. The summed E-state index contributed by atoms with van der Waals surface area (Å²) in [6.07, 6.45) is 2.71. The minimum Gasteiger partial charge on any atom is -0.444 e. The van der Waals surface area contributed by atoms with Gasteiger partial charge < -0.3 is 14.6 Å². The van der Waals surface area contributed by atoms with Gasteiger partial charge in [-0.1, -0.05) is 30.5 Å². The van der Waals surface area contributed by atoms with Crippen molar-refractivity contribution >= 4 is 28.2 Å². The fourth-order valence-electron chi connectivity index (χ4n) is 5.69. The zero-order chi connectivity index (χ0) is 30.2. The monoisotopic (exact) mass is 571 g/mol. The van der Waals surface area contributed by atoms with Crippen LogP contribution in [0.15, 0.2) is 33.9 Å². The summed E-state index contributed by atoms with van der Waals surface area (Å²) in [5.41, 5.74) is 0.613. The van der Waals surface area contributed by atoms with E-state index in [1.54, 1.807) is 14.0 Å². The number of aryl methyl sites for hydroxylation is 2. The highest BCUT2D eigenvalue weighted by atomic mass is 16.6. The molecule has 0 saturated heterocycles. The number of aromatic nitrogens is 6. The smallest absolute Gasteiger partial charge is 0.407 e. The number of hydrogen-bond acceptors (Lipinski definition) is 7. The van der Waals surface area contributed by atoms with Crippen LogP contribution in [0.25, 0.3) is 22.1 Å². The molecule has 1 unspecified atom stereocenters. The Hall–Kier alpha value is -4.46. The van der Waals surface area contributed by atoms with E-state index in [2.05, 4.69) is 27.1 Å². The van der Waals surface area contributed by atoms with E-state index in [0.29, 0.717) is 29.2 Å². The number of rotatable bonds is 5. The van der Waals surface area contributed by atoms with Gasteiger partial charge in [-0.25, -0.2) is 24.5 Å². The Balaban J connectivity index is 1.55. The summed E-state index contributed by atoms with van der Waals surface area (Å²) in [6, 6.07) is 7.55. The van der Waals surface area contributed by atoms with Gasteiger partial charge in [-0.15, -0.1) is 5.92 Å². The molecule has 0 aliphatic heterocycles. The Kier molecular flexibility index (Phi) is 7.91. The standard InChI is InChI=1S/C31H37N7O4/c1-7-8-16-37-25-27(35-26(37)20-12-11-13-21(17-20)33-29(40)42-31(3,4)5)36(6)30(41)38(28(25)39)18-24-32-19(2)22-14-9-10-15-23(22)34-24/h9-10,14-15,20-21H,11-13,16-18H2,1-6H3,(H,33,40)/t20?,21-/m1/s1. The molecule has 1 fully saturated rings. The number of nitrogens with zero attached hydrogens (tertiary/aromatic N) is 6. The molecule has 0 bridgehead atoms. The van der Waals surface area contributed by atoms with Crippen molar-refractivity contribution in [3.63, 3.8) is 0 Å². The predicted molar refractivity (Wildman–Crippen MR) is 160 cm³/mol. The number of benzene rings is 1. The van der Waals surface area contributed by atoms with Gasteiger partial charge in [0, 0.05) is 30.1 Å². The van der Waals surface area contributed by atoms with E-state index in [9.17, 15) is 14.4 Å². The second kappa shape index (κ2) is 11.4. The highest BCUT2D eigenvalue weighted by Crippen LogP contribution is 2.34. The third kappa shape index (κ3) is 5.79. The Morgan fingerprint density at radius 1 is 1.12 bits per heavy atom. The Labute approximate surface area is 243 Å². The van der Waals surface area contributed by atoms with Crippen LogP contribution in [0.2, 0.25) is 0 Å². The van der Waals surface area contributed by atoms with Gasteiger partial charge in [-0.2, -0.15) is 0 Å². The Morgan fingerprint density at radius 3 is 2.62 bits per heavy atom. The number of alkyl carbamates (subject to hydrolysis) is 1. The minimum absolute atomic E-state index is 0.0424. The van der Waals surface area contributed by atoms with Gasteiger partial charge in [-0.05, 0) is 59.9 Å². The molecule has 2 atom stereocenters. The molecule has 11 heteroatoms. The first-order chi connectivity index (χ1) is 20.0. The number of carbonyl (C=O) groups is 1. The molecule has 11 nitrogen and oxygen atoms in total. The average molecular weight is 572 g/mol. The predicted octanol–water partition coefficient (Wildman–Crippen LogP) is 3.77. The van der Waals surface area contributed by atoms with E-state index < -0.39 is 22.9 Å². The van der Waals surface area contributed by atoms with Crippen molar-refractivity contribution in [2.45, 2.75) is 91.0 Å². The molecule has 3 heterocycles. The largest absolute Gasteiger partial charge is 0.444 e. The summed E-state index contributed by atoms with van der Waals surface area (Å²) in [4.78, 5) is 54.0. The Morgan fingerprint density at radius 2 is 1.88 bits per heavy atom. The number of para-hydroxylation sites is 1. The van der Waals surface area contributed by atoms with E-state index in [-0.39, 0.29) is 25.0 Å². The van der Waals surface area contributed by atoms with Gasteiger partial charge in [0.1, 0.15) is 17.2 Å². The zero-order valence-electron chi connectivity index (χ0n) is 25.0. The summed E-state index contributed by atoms with van der Waals surface area (Å²) >= 11 is 0. The highest BCUT2D eigenvalue weighted by molar-refractivity contribution is 5.80. The Bertz CT molecular complexity index is 1850. The van der Waals surface area contributed by atoms with Crippen LogP contribution in [-0.4, -0.2) is 46.4 Å². The first-order valence-electron chi connectivity index (χ1n) is 14.3. The third-order valence-corrected chi connectivity index (χ3v) is 7.58. The zero-order valence-corrected chi connectivity index (χ0v) is 25.0. The lowest BCUT2D eigenvalue weighted by molar-refractivity contribution is 0.0490. The first-order valence-corrected chi connectivity index (χ1v) is 14.3. The normalized spacial score (nSPS) is 17.2. The van der Waals surface area contributed by atoms with Gasteiger partial charge in [0.05, 0.1) is 18.6 Å². The van der Waals surface area contributed by atoms with Gasteiger partial charge in [0.2, 0.25) is 0 Å².